The first-order chi connectivity index (χ1) is 7.62. The monoisotopic (exact) mass is 242 g/mol. The van der Waals surface area contributed by atoms with Gasteiger partial charge in [-0.05, 0) is 50.4 Å². The summed E-state index contributed by atoms with van der Waals surface area (Å²) in [5.74, 6) is -0.434. The van der Waals surface area contributed by atoms with E-state index in [1.807, 2.05) is 13.8 Å². The number of ether oxygens (including phenoxy) is 2. The summed E-state index contributed by atoms with van der Waals surface area (Å²) < 4.78 is 11.7. The second-order valence-electron chi connectivity index (χ2n) is 7.43. The lowest BCUT2D eigenvalue weighted by molar-refractivity contribution is -0.217. The molecule has 1 rings (SSSR count). The number of rotatable bonds is 0. The fourth-order valence-electron chi connectivity index (χ4n) is 2.11. The molecule has 0 amide bonds. The Labute approximate surface area is 107 Å². The van der Waals surface area contributed by atoms with Crippen LogP contribution in [0.25, 0.3) is 0 Å². The van der Waals surface area contributed by atoms with E-state index in [1.54, 1.807) is 0 Å². The molecule has 102 valence electrons. The number of hydrogen-bond donors (Lipinski definition) is 0. The van der Waals surface area contributed by atoms with Crippen molar-refractivity contribution in [3.8, 4) is 0 Å². The maximum Gasteiger partial charge on any atom is 0.162 e. The molecule has 2 nitrogen and oxygen atoms in total. The summed E-state index contributed by atoms with van der Waals surface area (Å²) in [6, 6.07) is 0. The van der Waals surface area contributed by atoms with E-state index in [0.717, 1.165) is 26.1 Å². The van der Waals surface area contributed by atoms with E-state index in [1.165, 1.54) is 12.8 Å². The maximum absolute atomic E-state index is 5.84. The van der Waals surface area contributed by atoms with Gasteiger partial charge < -0.3 is 9.47 Å². The summed E-state index contributed by atoms with van der Waals surface area (Å²) in [4.78, 5) is 0. The first-order valence-electron chi connectivity index (χ1n) is 6.90. The molecule has 1 aliphatic rings. The molecule has 0 atom stereocenters. The van der Waals surface area contributed by atoms with E-state index in [0.29, 0.717) is 10.8 Å². The van der Waals surface area contributed by atoms with Gasteiger partial charge in [-0.1, -0.05) is 27.7 Å². The van der Waals surface area contributed by atoms with Gasteiger partial charge in [0.2, 0.25) is 0 Å². The lowest BCUT2D eigenvalue weighted by Gasteiger charge is -2.30. The minimum atomic E-state index is -0.434. The van der Waals surface area contributed by atoms with Gasteiger partial charge in [0.1, 0.15) is 0 Å². The summed E-state index contributed by atoms with van der Waals surface area (Å²) in [7, 11) is 0. The quantitative estimate of drug-likeness (QED) is 0.627. The molecule has 2 heteroatoms. The van der Waals surface area contributed by atoms with Crippen LogP contribution in [0.3, 0.4) is 0 Å². The zero-order valence-corrected chi connectivity index (χ0v) is 12.6. The standard InChI is InChI=1S/C15H30O2/c1-13(2)7-8-14(3,4)10-12-17-15(5,6)16-11-9-13/h7-12H2,1-6H3. The Morgan fingerprint density at radius 1 is 0.588 bits per heavy atom. The van der Waals surface area contributed by atoms with Gasteiger partial charge in [0.15, 0.2) is 5.79 Å². The maximum atomic E-state index is 5.84. The van der Waals surface area contributed by atoms with Crippen molar-refractivity contribution in [3.63, 3.8) is 0 Å². The third kappa shape index (κ3) is 5.87. The largest absolute Gasteiger partial charge is 0.351 e. The van der Waals surface area contributed by atoms with Crippen molar-refractivity contribution in [2.24, 2.45) is 10.8 Å². The minimum Gasteiger partial charge on any atom is -0.351 e. The molecule has 0 aromatic heterocycles. The molecule has 0 unspecified atom stereocenters. The van der Waals surface area contributed by atoms with Gasteiger partial charge in [-0.2, -0.15) is 0 Å². The highest BCUT2D eigenvalue weighted by Crippen LogP contribution is 2.36. The lowest BCUT2D eigenvalue weighted by atomic mass is 9.76. The van der Waals surface area contributed by atoms with Crippen LogP contribution in [0.4, 0.5) is 0 Å². The molecule has 0 aromatic carbocycles. The fraction of sp³-hybridized carbons (Fsp3) is 1.00. The molecule has 1 fully saturated rings. The van der Waals surface area contributed by atoms with Gasteiger partial charge in [0.25, 0.3) is 0 Å². The van der Waals surface area contributed by atoms with Crippen molar-refractivity contribution < 1.29 is 9.47 Å². The van der Waals surface area contributed by atoms with Crippen molar-refractivity contribution in [1.29, 1.82) is 0 Å². The second kappa shape index (κ2) is 5.27. The molecule has 0 bridgehead atoms. The summed E-state index contributed by atoms with van der Waals surface area (Å²) >= 11 is 0. The van der Waals surface area contributed by atoms with Crippen LogP contribution in [0.2, 0.25) is 0 Å². The highest BCUT2D eigenvalue weighted by molar-refractivity contribution is 4.77. The zero-order valence-electron chi connectivity index (χ0n) is 12.6. The molecule has 0 saturated carbocycles. The Balaban J connectivity index is 2.67. The average Bonchev–Trinajstić information content (AvgIpc) is 2.14. The van der Waals surface area contributed by atoms with Gasteiger partial charge in [0.05, 0.1) is 13.2 Å². The molecule has 0 aliphatic carbocycles. The third-order valence-corrected chi connectivity index (χ3v) is 3.94. The Morgan fingerprint density at radius 3 is 1.29 bits per heavy atom. The smallest absolute Gasteiger partial charge is 0.162 e. The van der Waals surface area contributed by atoms with Crippen LogP contribution in [0.5, 0.6) is 0 Å². The van der Waals surface area contributed by atoms with Crippen molar-refractivity contribution in [2.75, 3.05) is 13.2 Å². The highest BCUT2D eigenvalue weighted by atomic mass is 16.7. The SMILES string of the molecule is CC1(C)CCOC(C)(C)OCCC(C)(C)CC1. The van der Waals surface area contributed by atoms with Crippen LogP contribution in [0, 0.1) is 10.8 Å². The molecule has 0 spiro atoms. The fourth-order valence-corrected chi connectivity index (χ4v) is 2.11. The zero-order chi connectivity index (χ0) is 13.2. The van der Waals surface area contributed by atoms with E-state index in [-0.39, 0.29) is 0 Å². The molecule has 1 saturated heterocycles. The van der Waals surface area contributed by atoms with Crippen LogP contribution in [-0.2, 0) is 9.47 Å². The molecule has 17 heavy (non-hydrogen) atoms. The van der Waals surface area contributed by atoms with E-state index in [4.69, 9.17) is 9.47 Å². The first-order valence-corrected chi connectivity index (χ1v) is 6.90. The molecule has 1 aliphatic heterocycles. The average molecular weight is 242 g/mol. The summed E-state index contributed by atoms with van der Waals surface area (Å²) in [6.45, 7) is 15.0. The van der Waals surface area contributed by atoms with Crippen molar-refractivity contribution in [3.05, 3.63) is 0 Å². The van der Waals surface area contributed by atoms with Gasteiger partial charge in [-0.3, -0.25) is 0 Å². The van der Waals surface area contributed by atoms with Crippen LogP contribution in [0.15, 0.2) is 0 Å². The second-order valence-corrected chi connectivity index (χ2v) is 7.43. The predicted molar refractivity (Wildman–Crippen MR) is 72.0 cm³/mol. The molecule has 0 radical (unpaired) electrons. The summed E-state index contributed by atoms with van der Waals surface area (Å²) in [6.07, 6.45) is 4.75. The first kappa shape index (κ1) is 15.0. The van der Waals surface area contributed by atoms with Gasteiger partial charge in [-0.25, -0.2) is 0 Å². The van der Waals surface area contributed by atoms with Crippen LogP contribution < -0.4 is 0 Å². The van der Waals surface area contributed by atoms with Crippen LogP contribution in [-0.4, -0.2) is 19.0 Å². The van der Waals surface area contributed by atoms with Crippen LogP contribution in [0.1, 0.15) is 67.2 Å². The molecular weight excluding hydrogens is 212 g/mol. The normalized spacial score (nSPS) is 29.3. The number of hydrogen-bond acceptors (Lipinski definition) is 2. The third-order valence-electron chi connectivity index (χ3n) is 3.94. The minimum absolute atomic E-state index is 0.373. The topological polar surface area (TPSA) is 18.5 Å². The van der Waals surface area contributed by atoms with Gasteiger partial charge in [0, 0.05) is 0 Å². The molecular formula is C15H30O2. The van der Waals surface area contributed by atoms with Gasteiger partial charge >= 0.3 is 0 Å². The van der Waals surface area contributed by atoms with E-state index >= 15 is 0 Å². The van der Waals surface area contributed by atoms with Crippen molar-refractivity contribution in [2.45, 2.75) is 73.0 Å². The van der Waals surface area contributed by atoms with E-state index in [2.05, 4.69) is 27.7 Å². The van der Waals surface area contributed by atoms with Gasteiger partial charge in [-0.15, -0.1) is 0 Å². The lowest BCUT2D eigenvalue weighted by Crippen LogP contribution is -2.30. The highest BCUT2D eigenvalue weighted by Gasteiger charge is 2.28. The Morgan fingerprint density at radius 2 is 0.941 bits per heavy atom. The molecule has 0 N–H and O–H groups in total. The van der Waals surface area contributed by atoms with E-state index in [9.17, 15) is 0 Å². The van der Waals surface area contributed by atoms with Crippen molar-refractivity contribution >= 4 is 0 Å². The summed E-state index contributed by atoms with van der Waals surface area (Å²) in [5, 5.41) is 0. The Kier molecular flexibility index (Phi) is 4.65. The van der Waals surface area contributed by atoms with Crippen LogP contribution >= 0.6 is 0 Å². The summed E-state index contributed by atoms with van der Waals surface area (Å²) in [5.41, 5.74) is 0.745. The Hall–Kier alpha value is -0.0800. The van der Waals surface area contributed by atoms with E-state index < -0.39 is 5.79 Å². The van der Waals surface area contributed by atoms with Crippen molar-refractivity contribution in [1.82, 2.24) is 0 Å². The molecule has 0 aromatic rings. The Bertz CT molecular complexity index is 217. The molecule has 1 heterocycles. The predicted octanol–water partition coefficient (Wildman–Crippen LogP) is 4.38.